The minimum atomic E-state index is 0.576. The summed E-state index contributed by atoms with van der Waals surface area (Å²) in [6.45, 7) is 30.6. The molecule has 0 fully saturated rings. The molecule has 1 aliphatic rings. The van der Waals surface area contributed by atoms with E-state index in [1.807, 2.05) is 0 Å². The maximum atomic E-state index is 3.73. The molecule has 0 heterocycles. The maximum absolute atomic E-state index is 3.73. The van der Waals surface area contributed by atoms with Crippen molar-refractivity contribution in [1.82, 2.24) is 0 Å². The number of nitrogens with one attached hydrogen (secondary N) is 1. The summed E-state index contributed by atoms with van der Waals surface area (Å²) in [6, 6.07) is 25.5. The van der Waals surface area contributed by atoms with Crippen molar-refractivity contribution in [3.63, 3.8) is 0 Å². The third kappa shape index (κ3) is 9.72. The van der Waals surface area contributed by atoms with Gasteiger partial charge in [0.1, 0.15) is 6.54 Å². The van der Waals surface area contributed by atoms with Crippen molar-refractivity contribution in [3.05, 3.63) is 107 Å². The summed E-state index contributed by atoms with van der Waals surface area (Å²) >= 11 is 0. The average Bonchev–Trinajstić information content (AvgIpc) is 3.00. The Bertz CT molecular complexity index is 1530. The van der Waals surface area contributed by atoms with Gasteiger partial charge in [-0.15, -0.1) is 0 Å². The first-order valence-electron chi connectivity index (χ1n) is 18.2. The number of anilines is 2. The molecule has 3 nitrogen and oxygen atoms in total. The van der Waals surface area contributed by atoms with Gasteiger partial charge in [0.15, 0.2) is 0 Å². The number of hydrogen-bond donors (Lipinski definition) is 1. The fourth-order valence-corrected chi connectivity index (χ4v) is 6.74. The number of fused-ring (bicyclic) bond motifs is 1. The summed E-state index contributed by atoms with van der Waals surface area (Å²) in [6.07, 6.45) is 4.63. The molecule has 252 valence electrons. The van der Waals surface area contributed by atoms with Crippen molar-refractivity contribution >= 4 is 28.2 Å². The molecule has 0 spiro atoms. The molecular weight excluding hydrogens is 571 g/mol. The maximum Gasteiger partial charge on any atom is 0.206 e. The zero-order valence-electron chi connectivity index (χ0n) is 31.3. The highest BCUT2D eigenvalue weighted by atomic mass is 15.1. The zero-order chi connectivity index (χ0) is 34.2. The molecule has 1 aliphatic carbocycles. The van der Waals surface area contributed by atoms with E-state index in [1.165, 1.54) is 56.0 Å². The standard InChI is InChI=1S/C44H61N3/c1-30(2)25-45-43-23-22-42(40-14-12-13-15-41(40)43)44(36-16-18-37(19-17-36)46(26-31(3)4)27-32(5)6)39-21-20-38(24-35(39)11)47(28-33(7)8)29-34(9)10/h12-24,30-34H,25-29H2,1-11H3/p+1. The topological polar surface area (TPSA) is 20.5 Å². The van der Waals surface area contributed by atoms with Crippen molar-refractivity contribution in [1.29, 1.82) is 0 Å². The molecule has 0 saturated heterocycles. The Hall–Kier alpha value is -3.59. The summed E-state index contributed by atoms with van der Waals surface area (Å²) in [4.78, 5) is 8.86. The Morgan fingerprint density at radius 3 is 1.60 bits per heavy atom. The summed E-state index contributed by atoms with van der Waals surface area (Å²) in [5.41, 5.74) is 12.8. The Morgan fingerprint density at radius 1 is 0.574 bits per heavy atom. The third-order valence-corrected chi connectivity index (χ3v) is 8.60. The predicted molar refractivity (Wildman–Crippen MR) is 208 cm³/mol. The average molecular weight is 633 g/mol. The fourth-order valence-electron chi connectivity index (χ4n) is 6.74. The zero-order valence-corrected chi connectivity index (χ0v) is 31.3. The second-order valence-corrected chi connectivity index (χ2v) is 15.8. The summed E-state index contributed by atoms with van der Waals surface area (Å²) in [5, 5.41) is 0. The van der Waals surface area contributed by atoms with Crippen LogP contribution in [0.4, 0.5) is 11.4 Å². The van der Waals surface area contributed by atoms with Crippen LogP contribution in [0.5, 0.6) is 0 Å². The molecule has 0 bridgehead atoms. The number of allylic oxidation sites excluding steroid dienone is 3. The lowest BCUT2D eigenvalue weighted by Gasteiger charge is -2.30. The highest BCUT2D eigenvalue weighted by Crippen LogP contribution is 2.39. The summed E-state index contributed by atoms with van der Waals surface area (Å²) in [5.74, 6) is 3.00. The molecular formula is C44H62N3+. The molecule has 3 heteroatoms. The predicted octanol–water partition coefficient (Wildman–Crippen LogP) is 9.29. The summed E-state index contributed by atoms with van der Waals surface area (Å²) in [7, 11) is 0. The smallest absolute Gasteiger partial charge is 0.206 e. The van der Waals surface area contributed by atoms with Crippen LogP contribution in [0.2, 0.25) is 0 Å². The monoisotopic (exact) mass is 632 g/mol. The first-order chi connectivity index (χ1) is 22.3. The van der Waals surface area contributed by atoms with Crippen LogP contribution in [0.25, 0.3) is 11.1 Å². The molecule has 3 aromatic carbocycles. The van der Waals surface area contributed by atoms with Gasteiger partial charge in [-0.25, -0.2) is 4.99 Å². The lowest BCUT2D eigenvalue weighted by atomic mass is 9.82. The highest BCUT2D eigenvalue weighted by Gasteiger charge is 2.24. The number of aryl methyl sites for hydroxylation is 1. The van der Waals surface area contributed by atoms with Crippen LogP contribution in [0.3, 0.4) is 0 Å². The van der Waals surface area contributed by atoms with Crippen LogP contribution < -0.4 is 14.8 Å². The van der Waals surface area contributed by atoms with E-state index < -0.39 is 0 Å². The van der Waals surface area contributed by atoms with E-state index >= 15 is 0 Å². The van der Waals surface area contributed by atoms with E-state index in [0.29, 0.717) is 29.6 Å². The molecule has 0 saturated carbocycles. The first kappa shape index (κ1) is 36.2. The van der Waals surface area contributed by atoms with Gasteiger partial charge in [-0.1, -0.05) is 106 Å². The van der Waals surface area contributed by atoms with Gasteiger partial charge in [-0.05, 0) is 100 Å². The van der Waals surface area contributed by atoms with Gasteiger partial charge < -0.3 is 9.80 Å². The van der Waals surface area contributed by atoms with E-state index in [2.05, 4.69) is 170 Å². The first-order valence-corrected chi connectivity index (χ1v) is 18.2. The van der Waals surface area contributed by atoms with Gasteiger partial charge in [0.25, 0.3) is 0 Å². The van der Waals surface area contributed by atoms with Gasteiger partial charge in [0.2, 0.25) is 5.71 Å². The molecule has 0 aliphatic heterocycles. The van der Waals surface area contributed by atoms with E-state index in [1.54, 1.807) is 0 Å². The Balaban J connectivity index is 1.91. The molecule has 0 amide bonds. The molecule has 3 aromatic rings. The van der Waals surface area contributed by atoms with Crippen LogP contribution in [-0.2, 0) is 0 Å². The number of benzene rings is 3. The number of rotatable bonds is 14. The minimum absolute atomic E-state index is 0.576. The molecule has 4 rings (SSSR count). The largest absolute Gasteiger partial charge is 0.371 e. The van der Waals surface area contributed by atoms with Crippen LogP contribution in [0.1, 0.15) is 97.1 Å². The molecule has 0 radical (unpaired) electrons. The molecule has 1 N–H and O–H groups in total. The van der Waals surface area contributed by atoms with Gasteiger partial charge in [0.05, 0.1) is 5.56 Å². The van der Waals surface area contributed by atoms with Crippen LogP contribution in [-0.4, -0.2) is 38.4 Å². The van der Waals surface area contributed by atoms with Crippen LogP contribution in [0.15, 0.2) is 78.9 Å². The third-order valence-electron chi connectivity index (χ3n) is 8.60. The van der Waals surface area contributed by atoms with Crippen molar-refractivity contribution < 1.29 is 4.99 Å². The number of hydrogen-bond acceptors (Lipinski definition) is 2. The van der Waals surface area contributed by atoms with Crippen LogP contribution >= 0.6 is 0 Å². The van der Waals surface area contributed by atoms with Crippen molar-refractivity contribution in [3.8, 4) is 0 Å². The molecule has 0 aromatic heterocycles. The molecule has 0 atom stereocenters. The van der Waals surface area contributed by atoms with Gasteiger partial charge in [-0.3, -0.25) is 0 Å². The van der Waals surface area contributed by atoms with Gasteiger partial charge >= 0.3 is 0 Å². The van der Waals surface area contributed by atoms with E-state index in [4.69, 9.17) is 0 Å². The Morgan fingerprint density at radius 2 is 1.09 bits per heavy atom. The lowest BCUT2D eigenvalue weighted by Crippen LogP contribution is -2.74. The quantitative estimate of drug-likeness (QED) is 0.191. The normalized spacial score (nSPS) is 15.0. The van der Waals surface area contributed by atoms with Gasteiger partial charge in [-0.2, -0.15) is 0 Å². The summed E-state index contributed by atoms with van der Waals surface area (Å²) < 4.78 is 0. The van der Waals surface area contributed by atoms with Gasteiger partial charge in [0, 0.05) is 49.5 Å². The second-order valence-electron chi connectivity index (χ2n) is 15.8. The van der Waals surface area contributed by atoms with Crippen LogP contribution in [0, 0.1) is 36.5 Å². The SMILES string of the molecule is Cc1cc(N(CC(C)C)CC(C)C)ccc1C(=C1C=CC(=[NH+]CC(C)C)c2ccccc21)c1ccc(N(CC(C)C)CC(C)C)cc1. The Kier molecular flexibility index (Phi) is 12.7. The van der Waals surface area contributed by atoms with Crippen molar-refractivity contribution in [2.45, 2.75) is 76.2 Å². The van der Waals surface area contributed by atoms with Crippen molar-refractivity contribution in [2.24, 2.45) is 29.6 Å². The fraction of sp³-hybridized carbons (Fsp3) is 0.477. The Labute approximate surface area is 287 Å². The highest BCUT2D eigenvalue weighted by molar-refractivity contribution is 6.17. The lowest BCUT2D eigenvalue weighted by molar-refractivity contribution is -0.463. The second kappa shape index (κ2) is 16.5. The minimum Gasteiger partial charge on any atom is -0.371 e. The van der Waals surface area contributed by atoms with E-state index in [-0.39, 0.29) is 0 Å². The molecule has 0 unspecified atom stereocenters. The number of nitrogens with zero attached hydrogens (tertiary/aromatic N) is 2. The molecule has 47 heavy (non-hydrogen) atoms. The van der Waals surface area contributed by atoms with Crippen molar-refractivity contribution in [2.75, 3.05) is 42.5 Å². The van der Waals surface area contributed by atoms with E-state index in [9.17, 15) is 0 Å². The van der Waals surface area contributed by atoms with E-state index in [0.717, 1.165) is 32.7 Å².